The number of phenols is 2. The van der Waals surface area contributed by atoms with Crippen molar-refractivity contribution < 1.29 is 53.0 Å². The van der Waals surface area contributed by atoms with Crippen LogP contribution in [-0.2, 0) is 32.6 Å². The number of likely N-dealkylation sites (N-methyl/N-ethyl adjacent to an activating group) is 1. The zero-order valence-corrected chi connectivity index (χ0v) is 35.1. The van der Waals surface area contributed by atoms with Crippen molar-refractivity contribution in [1.29, 1.82) is 5.26 Å². The number of aryl methyl sites for hydroxylation is 1. The Bertz CT molecular complexity index is 2340. The van der Waals surface area contributed by atoms with Gasteiger partial charge < -0.3 is 43.4 Å². The molecule has 0 amide bonds. The van der Waals surface area contributed by atoms with E-state index in [2.05, 4.69) is 21.2 Å². The fraction of sp³-hybridized carbons (Fsp3) is 0.512. The lowest BCUT2D eigenvalue weighted by atomic mass is 9.71. The topological polar surface area (TPSA) is 182 Å². The molecule has 4 bridgehead atoms. The molecule has 0 aliphatic carbocycles. The number of esters is 1. The van der Waals surface area contributed by atoms with Crippen molar-refractivity contribution in [3.8, 4) is 46.3 Å². The number of aromatic hydroxyl groups is 2. The van der Waals surface area contributed by atoms with Gasteiger partial charge in [-0.15, -0.1) is 11.8 Å². The molecule has 0 radical (unpaired) electrons. The summed E-state index contributed by atoms with van der Waals surface area (Å²) in [5, 5.41) is 38.4. The number of benzene rings is 3. The minimum atomic E-state index is -1.41. The molecule has 59 heavy (non-hydrogen) atoms. The first-order valence-electron chi connectivity index (χ1n) is 19.7. The van der Waals surface area contributed by atoms with Gasteiger partial charge in [-0.3, -0.25) is 15.1 Å². The van der Waals surface area contributed by atoms with E-state index in [4.69, 9.17) is 33.2 Å². The molecule has 3 aromatic rings. The summed E-state index contributed by atoms with van der Waals surface area (Å²) in [6, 6.07) is 5.34. The van der Waals surface area contributed by atoms with Crippen LogP contribution in [-0.4, -0.2) is 103 Å². The van der Waals surface area contributed by atoms with E-state index in [9.17, 15) is 25.1 Å². The number of phenolic OH excluding ortho intramolecular Hbond substituents is 2. The molecule has 16 heteroatoms. The van der Waals surface area contributed by atoms with Crippen molar-refractivity contribution in [2.45, 2.75) is 94.1 Å². The van der Waals surface area contributed by atoms with Crippen LogP contribution in [0.5, 0.6) is 40.2 Å². The van der Waals surface area contributed by atoms with Gasteiger partial charge in [0.25, 0.3) is 0 Å². The first-order chi connectivity index (χ1) is 28.1. The van der Waals surface area contributed by atoms with Gasteiger partial charge in [0.1, 0.15) is 24.0 Å². The number of rotatable bonds is 3. The van der Waals surface area contributed by atoms with E-state index < -0.39 is 52.7 Å². The normalized spacial score (nSPS) is 28.0. The van der Waals surface area contributed by atoms with Crippen LogP contribution in [0.4, 0.5) is 4.79 Å². The molecule has 0 aromatic heterocycles. The molecule has 7 heterocycles. The average molecular weight is 829 g/mol. The van der Waals surface area contributed by atoms with Gasteiger partial charge in [0.2, 0.25) is 6.79 Å². The summed E-state index contributed by atoms with van der Waals surface area (Å²) >= 11 is 1.46. The van der Waals surface area contributed by atoms with Crippen LogP contribution in [0.1, 0.15) is 82.6 Å². The van der Waals surface area contributed by atoms with E-state index in [1.54, 1.807) is 39.8 Å². The van der Waals surface area contributed by atoms with E-state index >= 15 is 0 Å². The standard InChI is InChI=1S/C43H48N4O11S/c1-19-11-22-12-24-25(15-44)47-26-16-54-40(50)43(23-14-27(52-7)28(13-21(23)9-10-45-43)57-41(51)58-42(3,4)5)17-59-39(31-30(26)38-37(55-18-56-38)20(2)34(31)48)33(47)32(46(24)6)29(22)35(49)36(19)53-8/h11,13-14,24-26,32-33,39,45,48-49H,9-10,12,16-18H2,1-8H3/t24?,25-,26-,32?,33?,39+,43+/m0/s1. The Balaban J connectivity index is 1.24. The van der Waals surface area contributed by atoms with Gasteiger partial charge >= 0.3 is 12.1 Å². The zero-order chi connectivity index (χ0) is 41.9. The third-order valence-electron chi connectivity index (χ3n) is 12.8. The smallest absolute Gasteiger partial charge is 0.507 e. The molecule has 10 rings (SSSR count). The number of nitrogens with one attached hydrogen (secondary N) is 1. The van der Waals surface area contributed by atoms with Crippen LogP contribution in [0.15, 0.2) is 18.2 Å². The number of fused-ring (bicyclic) bond motifs is 9. The Morgan fingerprint density at radius 3 is 2.49 bits per heavy atom. The molecule has 15 nitrogen and oxygen atoms in total. The van der Waals surface area contributed by atoms with Crippen LogP contribution in [0, 0.1) is 25.2 Å². The molecule has 312 valence electrons. The Labute approximate surface area is 346 Å². The maximum atomic E-state index is 14.9. The number of nitrogens with zero attached hydrogens (tertiary/aromatic N) is 3. The molecule has 7 aliphatic heterocycles. The highest BCUT2D eigenvalue weighted by molar-refractivity contribution is 7.99. The highest BCUT2D eigenvalue weighted by Gasteiger charge is 2.61. The van der Waals surface area contributed by atoms with E-state index in [1.165, 1.54) is 26.0 Å². The number of thioether (sulfide) groups is 1. The predicted octanol–water partition coefficient (Wildman–Crippen LogP) is 5.38. The van der Waals surface area contributed by atoms with Crippen molar-refractivity contribution >= 4 is 23.9 Å². The average Bonchev–Trinajstić information content (AvgIpc) is 3.68. The lowest BCUT2D eigenvalue weighted by molar-refractivity contribution is -0.157. The number of methoxy groups -OCH3 is 2. The highest BCUT2D eigenvalue weighted by Crippen LogP contribution is 2.64. The largest absolute Gasteiger partial charge is 0.514 e. The molecule has 2 fully saturated rings. The maximum absolute atomic E-state index is 14.9. The number of nitriles is 1. The number of hydrogen-bond acceptors (Lipinski definition) is 16. The number of carbonyl (C=O) groups is 2. The van der Waals surface area contributed by atoms with E-state index in [0.29, 0.717) is 64.5 Å². The van der Waals surface area contributed by atoms with Crippen molar-refractivity contribution in [2.75, 3.05) is 47.0 Å². The summed E-state index contributed by atoms with van der Waals surface area (Å²) in [5.74, 6) is 1.30. The summed E-state index contributed by atoms with van der Waals surface area (Å²) in [5.41, 5.74) is 3.33. The molecular weight excluding hydrogens is 781 g/mol. The summed E-state index contributed by atoms with van der Waals surface area (Å²) < 4.78 is 41.1. The van der Waals surface area contributed by atoms with Gasteiger partial charge in [-0.1, -0.05) is 6.07 Å². The van der Waals surface area contributed by atoms with Gasteiger partial charge in [0, 0.05) is 46.6 Å². The van der Waals surface area contributed by atoms with Crippen LogP contribution >= 0.6 is 11.8 Å². The number of piperazine rings is 1. The fourth-order valence-corrected chi connectivity index (χ4v) is 12.0. The SMILES string of the molecule is COc1cc2c(cc1OC(=O)OC(C)(C)C)CCN[C@]21CS[C@@H]2c3c(O)c(C)c4c(c3[C@H](COC1=O)N1C2C2c3c(cc(C)c(OC)c3O)CC([C@@H]1C#N)N2C)OCO4. The Morgan fingerprint density at radius 1 is 1.02 bits per heavy atom. The Hall–Kier alpha value is -5.08. The van der Waals surface area contributed by atoms with Gasteiger partial charge in [-0.25, -0.2) is 9.59 Å². The molecule has 7 aliphatic rings. The minimum absolute atomic E-state index is 0.0370. The van der Waals surface area contributed by atoms with Crippen molar-refractivity contribution in [3.63, 3.8) is 0 Å². The number of hydrogen-bond donors (Lipinski definition) is 3. The Kier molecular flexibility index (Phi) is 9.35. The second-order valence-corrected chi connectivity index (χ2v) is 18.2. The maximum Gasteiger partial charge on any atom is 0.514 e. The van der Waals surface area contributed by atoms with Gasteiger partial charge in [0.05, 0.1) is 37.6 Å². The summed E-state index contributed by atoms with van der Waals surface area (Å²) in [4.78, 5) is 32.0. The lowest BCUT2D eigenvalue weighted by Gasteiger charge is -2.62. The fourth-order valence-electron chi connectivity index (χ4n) is 10.4. The molecule has 3 unspecified atom stereocenters. The predicted molar refractivity (Wildman–Crippen MR) is 214 cm³/mol. The second kappa shape index (κ2) is 14.0. The Morgan fingerprint density at radius 2 is 1.78 bits per heavy atom. The van der Waals surface area contributed by atoms with Crippen molar-refractivity contribution in [1.82, 2.24) is 15.1 Å². The summed E-state index contributed by atoms with van der Waals surface area (Å²) in [6.07, 6.45) is 0.108. The van der Waals surface area contributed by atoms with Gasteiger partial charge in [-0.05, 0) is 88.9 Å². The monoisotopic (exact) mass is 828 g/mol. The van der Waals surface area contributed by atoms with Crippen LogP contribution in [0.3, 0.4) is 0 Å². The minimum Gasteiger partial charge on any atom is -0.507 e. The van der Waals surface area contributed by atoms with E-state index in [1.807, 2.05) is 20.0 Å². The first kappa shape index (κ1) is 39.4. The molecule has 7 atom stereocenters. The molecule has 2 saturated heterocycles. The van der Waals surface area contributed by atoms with Gasteiger partial charge in [-0.2, -0.15) is 5.26 Å². The van der Waals surface area contributed by atoms with Crippen LogP contribution in [0.25, 0.3) is 0 Å². The highest BCUT2D eigenvalue weighted by atomic mass is 32.2. The molecule has 0 saturated carbocycles. The van der Waals surface area contributed by atoms with E-state index in [-0.39, 0.29) is 48.2 Å². The van der Waals surface area contributed by atoms with Crippen molar-refractivity contribution in [2.24, 2.45) is 0 Å². The van der Waals surface area contributed by atoms with Gasteiger partial charge in [0.15, 0.2) is 40.0 Å². The third kappa shape index (κ3) is 5.79. The number of ether oxygens (including phenoxy) is 7. The molecule has 1 spiro atoms. The number of carbonyl (C=O) groups excluding carboxylic acids is 2. The lowest BCUT2D eigenvalue weighted by Crippen LogP contribution is -2.69. The van der Waals surface area contributed by atoms with Crippen LogP contribution in [0.2, 0.25) is 0 Å². The second-order valence-electron chi connectivity index (χ2n) is 17.1. The molecular formula is C43H48N4O11S. The zero-order valence-electron chi connectivity index (χ0n) is 34.3. The summed E-state index contributed by atoms with van der Waals surface area (Å²) in [6.45, 7) is 9.07. The van der Waals surface area contributed by atoms with Crippen LogP contribution < -0.4 is 29.0 Å². The first-order valence-corrected chi connectivity index (χ1v) is 20.8. The van der Waals surface area contributed by atoms with Crippen molar-refractivity contribution in [3.05, 3.63) is 62.7 Å². The molecule has 3 aromatic carbocycles. The van der Waals surface area contributed by atoms with E-state index in [0.717, 1.165) is 16.7 Å². The quantitative estimate of drug-likeness (QED) is 0.226. The molecule has 3 N–H and O–H groups in total. The third-order valence-corrected chi connectivity index (χ3v) is 14.3. The summed E-state index contributed by atoms with van der Waals surface area (Å²) in [7, 11) is 4.98.